The van der Waals surface area contributed by atoms with Crippen LogP contribution in [0.25, 0.3) is 0 Å². The lowest BCUT2D eigenvalue weighted by atomic mass is 9.89. The molecule has 2 aliphatic rings. The molecular formula is C19H32N2O6. The maximum absolute atomic E-state index is 11.0. The van der Waals surface area contributed by atoms with E-state index >= 15 is 0 Å². The number of nitrogens with one attached hydrogen (secondary N) is 2. The summed E-state index contributed by atoms with van der Waals surface area (Å²) in [6, 6.07) is 1.54. The highest BCUT2D eigenvalue weighted by Crippen LogP contribution is 2.45. The van der Waals surface area contributed by atoms with Gasteiger partial charge in [0.1, 0.15) is 0 Å². The smallest absolute Gasteiger partial charge is 0.237 e. The van der Waals surface area contributed by atoms with Gasteiger partial charge in [0.15, 0.2) is 0 Å². The van der Waals surface area contributed by atoms with Crippen molar-refractivity contribution in [1.82, 2.24) is 4.98 Å². The van der Waals surface area contributed by atoms with Crippen LogP contribution >= 0.6 is 0 Å². The minimum atomic E-state index is -1.02. The Bertz CT molecular complexity index is 657. The number of aromatic amines is 1. The molecule has 27 heavy (non-hydrogen) atoms. The van der Waals surface area contributed by atoms with Crippen molar-refractivity contribution in [2.75, 3.05) is 0 Å². The SMILES string of the molecule is CC1(C2CCC(C)([C@@H](O)Cc3c[nH]c([NH+]([O-])O)c3)O2)CC[C@H](C(C)(C)O)O1. The van der Waals surface area contributed by atoms with Gasteiger partial charge in [-0.1, -0.05) is 0 Å². The molecule has 2 aliphatic heterocycles. The third-order valence-corrected chi connectivity index (χ3v) is 6.21. The highest BCUT2D eigenvalue weighted by molar-refractivity contribution is 5.27. The lowest BCUT2D eigenvalue weighted by molar-refractivity contribution is -0.993. The Hall–Kier alpha value is -1.00. The Morgan fingerprint density at radius 2 is 2.04 bits per heavy atom. The van der Waals surface area contributed by atoms with E-state index in [9.17, 15) is 15.4 Å². The third kappa shape index (κ3) is 4.22. The summed E-state index contributed by atoms with van der Waals surface area (Å²) in [4.78, 5) is 2.70. The van der Waals surface area contributed by atoms with Crippen LogP contribution in [0.1, 0.15) is 58.9 Å². The molecule has 1 aromatic rings. The zero-order valence-corrected chi connectivity index (χ0v) is 16.5. The second kappa shape index (κ2) is 7.11. The maximum Gasteiger partial charge on any atom is 0.237 e. The van der Waals surface area contributed by atoms with Gasteiger partial charge in [0.2, 0.25) is 5.82 Å². The van der Waals surface area contributed by atoms with E-state index in [0.717, 1.165) is 24.8 Å². The molecule has 8 nitrogen and oxygen atoms in total. The van der Waals surface area contributed by atoms with Crippen LogP contribution in [-0.4, -0.2) is 55.5 Å². The van der Waals surface area contributed by atoms with Gasteiger partial charge in [0.05, 0.1) is 35.1 Å². The lowest BCUT2D eigenvalue weighted by Gasteiger charge is -2.36. The van der Waals surface area contributed by atoms with E-state index in [1.807, 2.05) is 13.8 Å². The van der Waals surface area contributed by atoms with Crippen LogP contribution in [0.15, 0.2) is 12.3 Å². The number of H-pyrrole nitrogens is 1. The Labute approximate surface area is 159 Å². The van der Waals surface area contributed by atoms with Gasteiger partial charge in [-0.2, -0.15) is 5.23 Å². The van der Waals surface area contributed by atoms with E-state index in [2.05, 4.69) is 4.98 Å². The van der Waals surface area contributed by atoms with Crippen LogP contribution < -0.4 is 5.23 Å². The third-order valence-electron chi connectivity index (χ3n) is 6.21. The van der Waals surface area contributed by atoms with Crippen molar-refractivity contribution in [1.29, 1.82) is 0 Å². The summed E-state index contributed by atoms with van der Waals surface area (Å²) >= 11 is 0. The molecule has 2 saturated heterocycles. The Kier molecular flexibility index (Phi) is 5.46. The van der Waals surface area contributed by atoms with Crippen LogP contribution in [0.2, 0.25) is 0 Å². The summed E-state index contributed by atoms with van der Waals surface area (Å²) in [6.45, 7) is 7.44. The zero-order chi connectivity index (χ0) is 20.0. The van der Waals surface area contributed by atoms with Gasteiger partial charge in [0.25, 0.3) is 0 Å². The quantitative estimate of drug-likeness (QED) is 0.466. The van der Waals surface area contributed by atoms with Crippen LogP contribution in [0.4, 0.5) is 5.82 Å². The molecule has 3 heterocycles. The number of quaternary nitrogens is 1. The molecule has 1 aromatic heterocycles. The Morgan fingerprint density at radius 1 is 1.33 bits per heavy atom. The summed E-state index contributed by atoms with van der Waals surface area (Å²) in [6.07, 6.45) is 3.85. The number of rotatable bonds is 6. The second-order valence-electron chi connectivity index (χ2n) is 9.02. The highest BCUT2D eigenvalue weighted by Gasteiger charge is 2.53. The fourth-order valence-corrected chi connectivity index (χ4v) is 4.25. The molecule has 3 rings (SSSR count). The summed E-state index contributed by atoms with van der Waals surface area (Å²) in [5.74, 6) is 0.108. The fourth-order valence-electron chi connectivity index (χ4n) is 4.25. The Morgan fingerprint density at radius 3 is 2.59 bits per heavy atom. The van der Waals surface area contributed by atoms with Gasteiger partial charge in [-0.25, -0.2) is 5.21 Å². The van der Waals surface area contributed by atoms with Gasteiger partial charge in [-0.05, 0) is 58.9 Å². The first-order valence-corrected chi connectivity index (χ1v) is 9.60. The predicted octanol–water partition coefficient (Wildman–Crippen LogP) is 0.968. The molecular weight excluding hydrogens is 352 g/mol. The van der Waals surface area contributed by atoms with Crippen molar-refractivity contribution < 1.29 is 30.1 Å². The van der Waals surface area contributed by atoms with E-state index in [0.29, 0.717) is 12.8 Å². The molecule has 0 saturated carbocycles. The van der Waals surface area contributed by atoms with E-state index in [1.54, 1.807) is 20.0 Å². The van der Waals surface area contributed by atoms with Crippen molar-refractivity contribution in [2.24, 2.45) is 0 Å². The van der Waals surface area contributed by atoms with E-state index in [-0.39, 0.29) is 18.0 Å². The van der Waals surface area contributed by atoms with Crippen LogP contribution in [0, 0.1) is 5.21 Å². The molecule has 0 aliphatic carbocycles. The normalized spacial score (nSPS) is 36.9. The van der Waals surface area contributed by atoms with Gasteiger partial charge >= 0.3 is 0 Å². The van der Waals surface area contributed by atoms with Crippen LogP contribution in [0.5, 0.6) is 0 Å². The van der Waals surface area contributed by atoms with Crippen molar-refractivity contribution in [3.63, 3.8) is 0 Å². The van der Waals surface area contributed by atoms with Crippen LogP contribution in [0.3, 0.4) is 0 Å². The summed E-state index contributed by atoms with van der Waals surface area (Å²) < 4.78 is 12.5. The largest absolute Gasteiger partial charge is 0.594 e. The predicted molar refractivity (Wildman–Crippen MR) is 97.6 cm³/mol. The first-order chi connectivity index (χ1) is 12.4. The topological polar surface area (TPSA) is 122 Å². The molecule has 0 radical (unpaired) electrons. The summed E-state index contributed by atoms with van der Waals surface area (Å²) in [5.41, 5.74) is -1.36. The fraction of sp³-hybridized carbons (Fsp3) is 0.789. The first-order valence-electron chi connectivity index (χ1n) is 9.60. The molecule has 6 atom stereocenters. The van der Waals surface area contributed by atoms with E-state index < -0.39 is 28.1 Å². The minimum Gasteiger partial charge on any atom is -0.594 e. The van der Waals surface area contributed by atoms with Gasteiger partial charge in [-0.3, -0.25) is 0 Å². The van der Waals surface area contributed by atoms with Gasteiger partial charge in [0, 0.05) is 18.7 Å². The van der Waals surface area contributed by atoms with Crippen molar-refractivity contribution in [2.45, 2.75) is 94.9 Å². The average Bonchev–Trinajstić information content (AvgIpc) is 3.26. The first kappa shape index (κ1) is 20.7. The van der Waals surface area contributed by atoms with Crippen molar-refractivity contribution in [3.8, 4) is 0 Å². The molecule has 0 aromatic carbocycles. The summed E-state index contributed by atoms with van der Waals surface area (Å²) in [5, 5.41) is 40.0. The van der Waals surface area contributed by atoms with E-state index in [4.69, 9.17) is 14.7 Å². The van der Waals surface area contributed by atoms with Gasteiger partial charge in [-0.15, -0.1) is 0 Å². The molecule has 5 N–H and O–H groups in total. The lowest BCUT2D eigenvalue weighted by Crippen LogP contribution is -2.99. The standard InChI is InChI=1S/C19H32N2O6/c1-17(2,23)14-5-8-19(4,26-14)15-6-7-18(3,27-15)13(22)9-12-10-16(20-11-12)21(24)25/h10-11,13-15,20-24H,5-9H2,1-4H3/t13-,14+,15?,18?,19?/m0/s1. The number of hydrogen-bond acceptors (Lipinski definition) is 6. The monoisotopic (exact) mass is 384 g/mol. The minimum absolute atomic E-state index is 0.108. The number of hydrogen-bond donors (Lipinski definition) is 5. The van der Waals surface area contributed by atoms with Crippen molar-refractivity contribution in [3.05, 3.63) is 23.0 Å². The molecule has 0 spiro atoms. The number of aliphatic hydroxyl groups is 2. The second-order valence-corrected chi connectivity index (χ2v) is 9.02. The molecule has 0 amide bonds. The number of ether oxygens (including phenoxy) is 2. The van der Waals surface area contributed by atoms with Crippen LogP contribution in [-0.2, 0) is 15.9 Å². The molecule has 0 bridgehead atoms. The molecule has 4 unspecified atom stereocenters. The zero-order valence-electron chi connectivity index (χ0n) is 16.5. The molecule has 154 valence electrons. The average molecular weight is 384 g/mol. The highest BCUT2D eigenvalue weighted by atomic mass is 16.8. The summed E-state index contributed by atoms with van der Waals surface area (Å²) in [7, 11) is 0. The van der Waals surface area contributed by atoms with E-state index in [1.165, 1.54) is 6.07 Å². The van der Waals surface area contributed by atoms with Crippen molar-refractivity contribution >= 4 is 5.82 Å². The molecule has 8 heteroatoms. The molecule has 2 fully saturated rings. The number of aliphatic hydroxyl groups excluding tert-OH is 1. The van der Waals surface area contributed by atoms with Gasteiger partial charge < -0.3 is 29.9 Å². The Balaban J connectivity index is 1.63. The number of aromatic nitrogens is 1. The maximum atomic E-state index is 11.0.